The highest BCUT2D eigenvalue weighted by Crippen LogP contribution is 2.94. The van der Waals surface area contributed by atoms with Crippen LogP contribution in [0.1, 0.15) is 58.9 Å². The van der Waals surface area contributed by atoms with Gasteiger partial charge in [-0.15, -0.1) is 0 Å². The van der Waals surface area contributed by atoms with Crippen LogP contribution in [-0.4, -0.2) is 62.8 Å². The summed E-state index contributed by atoms with van der Waals surface area (Å²) >= 11 is 0. The van der Waals surface area contributed by atoms with E-state index in [4.69, 9.17) is 4.74 Å². The zero-order valence-corrected chi connectivity index (χ0v) is 23.4. The Labute approximate surface area is 210 Å². The van der Waals surface area contributed by atoms with Gasteiger partial charge in [0.1, 0.15) is 6.54 Å². The second-order valence-electron chi connectivity index (χ2n) is 9.97. The second-order valence-corrected chi connectivity index (χ2v) is 21.2. The highest BCUT2D eigenvalue weighted by Gasteiger charge is 2.80. The molecular formula is C23H33N2O5S4+. The van der Waals surface area contributed by atoms with Gasteiger partial charge in [-0.05, 0) is 73.8 Å². The summed E-state index contributed by atoms with van der Waals surface area (Å²) in [7, 11) is -2.19. The van der Waals surface area contributed by atoms with Crippen molar-refractivity contribution in [2.24, 2.45) is 5.92 Å². The topological polar surface area (TPSA) is 83.8 Å². The lowest BCUT2D eigenvalue weighted by molar-refractivity contribution is -0.439. The molecule has 7 nitrogen and oxygen atoms in total. The summed E-state index contributed by atoms with van der Waals surface area (Å²) < 4.78 is 47.9. The van der Waals surface area contributed by atoms with Crippen molar-refractivity contribution >= 4 is 57.0 Å². The SMILES string of the molecule is CCOC(=O)C1CCN(S(=O)(=O)c2ccc3c(c2)C(C)(C)C(C)=[N+]3CCCC23S[SH]2(=O)S3)CC1. The predicted octanol–water partition coefficient (Wildman–Crippen LogP) is 3.82. The number of esters is 1. The van der Waals surface area contributed by atoms with Crippen molar-refractivity contribution in [3.63, 3.8) is 0 Å². The number of ether oxygens (including phenoxy) is 1. The summed E-state index contributed by atoms with van der Waals surface area (Å²) in [4.78, 5) is 12.3. The van der Waals surface area contributed by atoms with E-state index in [1.54, 1.807) is 34.6 Å². The molecule has 0 spiro atoms. The number of sulfonamides is 1. The van der Waals surface area contributed by atoms with Crippen molar-refractivity contribution in [3.05, 3.63) is 23.8 Å². The maximum atomic E-state index is 13.4. The monoisotopic (exact) mass is 545 g/mol. The molecule has 0 amide bonds. The number of piperidine rings is 1. The standard InChI is InChI=1S/C23H33N2O5S4/c1-5-30-21(26)17-9-13-24(14-10-17)33(27,28)18-7-8-20-19(15-18)22(3,4)16(2)25(20)12-6-11-23-31-34(23,29)32-23/h7-8,15,17,34H,5-6,9-14H2,1-4H3/q+1. The molecule has 0 N–H and O–H groups in total. The Balaban J connectivity index is 1.31. The van der Waals surface area contributed by atoms with E-state index in [-0.39, 0.29) is 20.7 Å². The van der Waals surface area contributed by atoms with Crippen molar-refractivity contribution < 1.29 is 26.7 Å². The van der Waals surface area contributed by atoms with Gasteiger partial charge in [-0.3, -0.25) is 9.00 Å². The van der Waals surface area contributed by atoms with E-state index in [0.717, 1.165) is 30.6 Å². The third-order valence-corrected chi connectivity index (χ3v) is 20.9. The fourth-order valence-electron chi connectivity index (χ4n) is 5.18. The minimum Gasteiger partial charge on any atom is -0.466 e. The Morgan fingerprint density at radius 2 is 1.91 bits per heavy atom. The second kappa shape index (κ2) is 8.33. The molecule has 1 aromatic carbocycles. The molecule has 0 unspecified atom stereocenters. The number of hydrogen-bond donors (Lipinski definition) is 1. The summed E-state index contributed by atoms with van der Waals surface area (Å²) in [5.74, 6) is -0.458. The highest BCUT2D eigenvalue weighted by atomic mass is 33.6. The fraction of sp³-hybridized carbons (Fsp3) is 0.652. The Hall–Kier alpha value is -0.880. The molecule has 1 aromatic rings. The van der Waals surface area contributed by atoms with Gasteiger partial charge in [0.25, 0.3) is 0 Å². The molecule has 11 heteroatoms. The molecule has 0 aliphatic carbocycles. The summed E-state index contributed by atoms with van der Waals surface area (Å²) in [6.45, 7) is 10.0. The smallest absolute Gasteiger partial charge is 0.309 e. The van der Waals surface area contributed by atoms with Crippen LogP contribution in [0.25, 0.3) is 0 Å². The summed E-state index contributed by atoms with van der Waals surface area (Å²) in [6.07, 6.45) is 2.90. The van der Waals surface area contributed by atoms with Crippen LogP contribution in [0, 0.1) is 5.92 Å². The van der Waals surface area contributed by atoms with Gasteiger partial charge < -0.3 is 4.74 Å². The van der Waals surface area contributed by atoms with Crippen LogP contribution in [0.15, 0.2) is 23.1 Å². The van der Waals surface area contributed by atoms with Crippen LogP contribution in [0.4, 0.5) is 5.69 Å². The van der Waals surface area contributed by atoms with Gasteiger partial charge in [-0.2, -0.15) is 8.88 Å². The lowest BCUT2D eigenvalue weighted by Gasteiger charge is -2.30. The molecule has 0 atom stereocenters. The normalized spacial score (nSPS) is 28.2. The third kappa shape index (κ3) is 3.90. The van der Waals surface area contributed by atoms with Crippen molar-refractivity contribution in [2.45, 2.75) is 67.1 Å². The predicted molar refractivity (Wildman–Crippen MR) is 140 cm³/mol. The molecular weight excluding hydrogens is 513 g/mol. The maximum Gasteiger partial charge on any atom is 0.309 e. The maximum absolute atomic E-state index is 13.4. The molecule has 3 fully saturated rings. The molecule has 4 aliphatic heterocycles. The Morgan fingerprint density at radius 1 is 1.26 bits per heavy atom. The number of carbonyl (C=O) groups excluding carboxylic acids is 1. The summed E-state index contributed by atoms with van der Waals surface area (Å²) in [5.41, 5.74) is 3.03. The lowest BCUT2D eigenvalue weighted by Crippen LogP contribution is -2.40. The largest absolute Gasteiger partial charge is 0.466 e. The minimum atomic E-state index is -3.64. The Morgan fingerprint density at radius 3 is 2.50 bits per heavy atom. The van der Waals surface area contributed by atoms with Crippen molar-refractivity contribution in [1.82, 2.24) is 4.31 Å². The number of rotatable bonds is 8. The van der Waals surface area contributed by atoms with Crippen molar-refractivity contribution in [2.75, 3.05) is 26.2 Å². The molecule has 34 heavy (non-hydrogen) atoms. The van der Waals surface area contributed by atoms with E-state index in [2.05, 4.69) is 25.3 Å². The average Bonchev–Trinajstić information content (AvgIpc) is 3.56. The van der Waals surface area contributed by atoms with E-state index in [1.807, 2.05) is 12.1 Å². The zero-order valence-electron chi connectivity index (χ0n) is 20.1. The van der Waals surface area contributed by atoms with E-state index >= 15 is 0 Å². The van der Waals surface area contributed by atoms with Crippen LogP contribution in [0.2, 0.25) is 0 Å². The van der Waals surface area contributed by atoms with E-state index in [0.29, 0.717) is 37.4 Å². The number of hydrogen-bond acceptors (Lipinski definition) is 7. The molecule has 188 valence electrons. The highest BCUT2D eigenvalue weighted by molar-refractivity contribution is 9.38. The van der Waals surface area contributed by atoms with E-state index in [1.165, 1.54) is 10.0 Å². The molecule has 0 saturated carbocycles. The molecule has 4 aliphatic rings. The van der Waals surface area contributed by atoms with Crippen LogP contribution >= 0.6 is 21.6 Å². The third-order valence-electron chi connectivity index (χ3n) is 7.71. The van der Waals surface area contributed by atoms with Gasteiger partial charge in [0.05, 0.1) is 22.8 Å². The lowest BCUT2D eigenvalue weighted by atomic mass is 9.82. The Bertz CT molecular complexity index is 1220. The van der Waals surface area contributed by atoms with E-state index < -0.39 is 18.0 Å². The number of carbonyl (C=O) groups is 1. The molecule has 5 rings (SSSR count). The molecule has 0 bridgehead atoms. The number of thiol groups is 1. The quantitative estimate of drug-likeness (QED) is 0.175. The fourth-order valence-corrected chi connectivity index (χ4v) is 17.3. The van der Waals surface area contributed by atoms with Gasteiger partial charge >= 0.3 is 5.97 Å². The first-order chi connectivity index (χ1) is 16.0. The minimum absolute atomic E-state index is 0.0393. The van der Waals surface area contributed by atoms with Crippen molar-refractivity contribution in [1.29, 1.82) is 0 Å². The molecule has 4 heterocycles. The molecule has 0 radical (unpaired) electrons. The first-order valence-corrected chi connectivity index (χ1v) is 17.9. The van der Waals surface area contributed by atoms with Crippen LogP contribution in [0.5, 0.6) is 0 Å². The molecule has 0 aromatic heterocycles. The van der Waals surface area contributed by atoms with Gasteiger partial charge in [-0.1, -0.05) is 0 Å². The zero-order chi connectivity index (χ0) is 24.5. The number of nitrogens with zero attached hydrogens (tertiary/aromatic N) is 2. The van der Waals surface area contributed by atoms with E-state index in [9.17, 15) is 17.4 Å². The van der Waals surface area contributed by atoms with Crippen LogP contribution in [0.3, 0.4) is 0 Å². The number of benzene rings is 1. The first kappa shape index (κ1) is 24.8. The van der Waals surface area contributed by atoms with Crippen LogP contribution < -0.4 is 0 Å². The summed E-state index contributed by atoms with van der Waals surface area (Å²) in [5, 5.41) is 0. The molecule has 3 saturated heterocycles. The first-order valence-electron chi connectivity index (χ1n) is 11.9. The van der Waals surface area contributed by atoms with Gasteiger partial charge in [0.15, 0.2) is 9.12 Å². The van der Waals surface area contributed by atoms with Gasteiger partial charge in [-0.25, -0.2) is 8.42 Å². The Kier molecular flexibility index (Phi) is 6.07. The van der Waals surface area contributed by atoms with Gasteiger partial charge in [0.2, 0.25) is 15.7 Å². The van der Waals surface area contributed by atoms with Crippen LogP contribution in [-0.2, 0) is 33.0 Å². The average molecular weight is 546 g/mol. The van der Waals surface area contributed by atoms with Gasteiger partial charge in [0, 0.05) is 46.1 Å². The van der Waals surface area contributed by atoms with Crippen molar-refractivity contribution in [3.8, 4) is 0 Å². The summed E-state index contributed by atoms with van der Waals surface area (Å²) in [6, 6.07) is 5.49. The number of fused-ring (bicyclic) bond motifs is 2.